The molecule has 124 valence electrons. The summed E-state index contributed by atoms with van der Waals surface area (Å²) in [6.45, 7) is 1.90. The van der Waals surface area contributed by atoms with Crippen LogP contribution in [0.25, 0.3) is 0 Å². The number of carbonyl (C=O) groups is 1. The molecule has 0 spiro atoms. The third-order valence-electron chi connectivity index (χ3n) is 6.46. The number of amides is 1. The van der Waals surface area contributed by atoms with Gasteiger partial charge in [-0.3, -0.25) is 4.79 Å². The van der Waals surface area contributed by atoms with E-state index in [0.717, 1.165) is 31.8 Å². The van der Waals surface area contributed by atoms with Gasteiger partial charge >= 0.3 is 0 Å². The fourth-order valence-corrected chi connectivity index (χ4v) is 5.30. The molecule has 0 radical (unpaired) electrons. The molecular formula is C20H28N2O. The number of nitrogens with one attached hydrogen (secondary N) is 2. The molecule has 3 heteroatoms. The van der Waals surface area contributed by atoms with E-state index in [2.05, 4.69) is 41.0 Å². The first-order chi connectivity index (χ1) is 11.3. The molecule has 2 aliphatic carbocycles. The monoisotopic (exact) mass is 312 g/mol. The lowest BCUT2D eigenvalue weighted by Gasteiger charge is -2.37. The van der Waals surface area contributed by atoms with Crippen molar-refractivity contribution < 1.29 is 4.79 Å². The van der Waals surface area contributed by atoms with Gasteiger partial charge in [-0.25, -0.2) is 0 Å². The van der Waals surface area contributed by atoms with Crippen molar-refractivity contribution in [2.24, 2.45) is 17.3 Å². The molecule has 1 heterocycles. The van der Waals surface area contributed by atoms with Gasteiger partial charge in [0.2, 0.25) is 5.91 Å². The molecule has 4 unspecified atom stereocenters. The van der Waals surface area contributed by atoms with Crippen LogP contribution in [0.4, 0.5) is 0 Å². The Morgan fingerprint density at radius 2 is 2.09 bits per heavy atom. The van der Waals surface area contributed by atoms with Crippen LogP contribution < -0.4 is 10.6 Å². The maximum absolute atomic E-state index is 13.2. The minimum absolute atomic E-state index is 0.150. The van der Waals surface area contributed by atoms with Gasteiger partial charge in [-0.1, -0.05) is 36.8 Å². The SMILES string of the molecule is O=C(NCC1CCCN1)C1(Cc2ccccc2)CC2CCC1C2. The molecule has 23 heavy (non-hydrogen) atoms. The highest BCUT2D eigenvalue weighted by molar-refractivity contribution is 5.84. The Labute approximate surface area is 139 Å². The molecule has 3 fully saturated rings. The highest BCUT2D eigenvalue weighted by Gasteiger charge is 2.55. The van der Waals surface area contributed by atoms with Crippen LogP contribution in [0.3, 0.4) is 0 Å². The summed E-state index contributed by atoms with van der Waals surface area (Å²) in [6.07, 6.45) is 8.28. The first kappa shape index (κ1) is 15.2. The molecule has 0 aromatic heterocycles. The number of hydrogen-bond donors (Lipinski definition) is 2. The van der Waals surface area contributed by atoms with E-state index in [9.17, 15) is 4.79 Å². The zero-order valence-corrected chi connectivity index (χ0v) is 13.9. The fourth-order valence-electron chi connectivity index (χ4n) is 5.30. The molecule has 1 amide bonds. The quantitative estimate of drug-likeness (QED) is 0.878. The second kappa shape index (κ2) is 6.27. The Morgan fingerprint density at radius 1 is 1.22 bits per heavy atom. The van der Waals surface area contributed by atoms with E-state index in [-0.39, 0.29) is 5.41 Å². The molecular weight excluding hydrogens is 284 g/mol. The molecule has 1 aliphatic heterocycles. The highest BCUT2D eigenvalue weighted by Crippen LogP contribution is 2.57. The Kier molecular flexibility index (Phi) is 4.14. The van der Waals surface area contributed by atoms with E-state index in [1.807, 2.05) is 0 Å². The van der Waals surface area contributed by atoms with E-state index in [1.165, 1.54) is 37.7 Å². The van der Waals surface area contributed by atoms with E-state index in [4.69, 9.17) is 0 Å². The maximum Gasteiger partial charge on any atom is 0.226 e. The third-order valence-corrected chi connectivity index (χ3v) is 6.46. The van der Waals surface area contributed by atoms with Gasteiger partial charge in [-0.2, -0.15) is 0 Å². The van der Waals surface area contributed by atoms with Gasteiger partial charge in [0, 0.05) is 12.6 Å². The minimum Gasteiger partial charge on any atom is -0.354 e. The topological polar surface area (TPSA) is 41.1 Å². The summed E-state index contributed by atoms with van der Waals surface area (Å²) in [5.74, 6) is 1.69. The fraction of sp³-hybridized carbons (Fsp3) is 0.650. The van der Waals surface area contributed by atoms with Crippen LogP contribution >= 0.6 is 0 Å². The van der Waals surface area contributed by atoms with Gasteiger partial charge in [0.05, 0.1) is 5.41 Å². The van der Waals surface area contributed by atoms with Crippen molar-refractivity contribution in [2.75, 3.05) is 13.1 Å². The maximum atomic E-state index is 13.2. The van der Waals surface area contributed by atoms with Crippen LogP contribution in [0, 0.1) is 17.3 Å². The normalized spacial score (nSPS) is 35.6. The lowest BCUT2D eigenvalue weighted by molar-refractivity contribution is -0.134. The lowest BCUT2D eigenvalue weighted by atomic mass is 9.68. The molecule has 1 aromatic rings. The van der Waals surface area contributed by atoms with Crippen LogP contribution in [-0.4, -0.2) is 25.0 Å². The lowest BCUT2D eigenvalue weighted by Crippen LogP contribution is -2.49. The van der Waals surface area contributed by atoms with Crippen molar-refractivity contribution in [2.45, 2.75) is 51.0 Å². The largest absolute Gasteiger partial charge is 0.354 e. The van der Waals surface area contributed by atoms with E-state index >= 15 is 0 Å². The summed E-state index contributed by atoms with van der Waals surface area (Å²) in [4.78, 5) is 13.2. The molecule has 3 nitrogen and oxygen atoms in total. The van der Waals surface area contributed by atoms with Crippen LogP contribution in [0.5, 0.6) is 0 Å². The third kappa shape index (κ3) is 2.91. The molecule has 1 aromatic carbocycles. The predicted molar refractivity (Wildman–Crippen MR) is 92.1 cm³/mol. The predicted octanol–water partition coefficient (Wildman–Crippen LogP) is 2.90. The highest BCUT2D eigenvalue weighted by atomic mass is 16.2. The van der Waals surface area contributed by atoms with Crippen molar-refractivity contribution in [3.63, 3.8) is 0 Å². The number of benzene rings is 1. The number of fused-ring (bicyclic) bond motifs is 2. The van der Waals surface area contributed by atoms with Crippen molar-refractivity contribution in [1.82, 2.24) is 10.6 Å². The number of rotatable bonds is 5. The number of hydrogen-bond acceptors (Lipinski definition) is 2. The van der Waals surface area contributed by atoms with E-state index < -0.39 is 0 Å². The van der Waals surface area contributed by atoms with Gasteiger partial charge in [-0.05, 0) is 62.5 Å². The summed E-state index contributed by atoms with van der Waals surface area (Å²) in [5, 5.41) is 6.80. The summed E-state index contributed by atoms with van der Waals surface area (Å²) < 4.78 is 0. The van der Waals surface area contributed by atoms with Crippen molar-refractivity contribution in [3.8, 4) is 0 Å². The van der Waals surface area contributed by atoms with Crippen LogP contribution in [0.2, 0.25) is 0 Å². The van der Waals surface area contributed by atoms with Gasteiger partial charge < -0.3 is 10.6 Å². The molecule has 2 saturated carbocycles. The van der Waals surface area contributed by atoms with Crippen LogP contribution in [0.1, 0.15) is 44.1 Å². The second-order valence-electron chi connectivity index (χ2n) is 7.90. The van der Waals surface area contributed by atoms with Crippen LogP contribution in [0.15, 0.2) is 30.3 Å². The van der Waals surface area contributed by atoms with Crippen molar-refractivity contribution in [3.05, 3.63) is 35.9 Å². The zero-order chi connectivity index (χ0) is 15.7. The Morgan fingerprint density at radius 3 is 2.74 bits per heavy atom. The standard InChI is InChI=1S/C20H28N2O/c23-19(22-14-18-7-4-10-21-18)20(12-15-5-2-1-3-6-15)13-16-8-9-17(20)11-16/h1-3,5-6,16-18,21H,4,7-14H2,(H,22,23). The summed E-state index contributed by atoms with van der Waals surface area (Å²) >= 11 is 0. The molecule has 4 rings (SSSR count). The van der Waals surface area contributed by atoms with Gasteiger partial charge in [-0.15, -0.1) is 0 Å². The summed E-state index contributed by atoms with van der Waals surface area (Å²) in [6, 6.07) is 11.1. The summed E-state index contributed by atoms with van der Waals surface area (Å²) in [5.41, 5.74) is 1.16. The molecule has 3 aliphatic rings. The Hall–Kier alpha value is -1.35. The van der Waals surface area contributed by atoms with Crippen molar-refractivity contribution in [1.29, 1.82) is 0 Å². The average Bonchev–Trinajstić information content (AvgIpc) is 3.31. The van der Waals surface area contributed by atoms with Gasteiger partial charge in [0.1, 0.15) is 0 Å². The first-order valence-electron chi connectivity index (χ1n) is 9.32. The van der Waals surface area contributed by atoms with Gasteiger partial charge in [0.25, 0.3) is 0 Å². The van der Waals surface area contributed by atoms with Crippen LogP contribution in [-0.2, 0) is 11.2 Å². The summed E-state index contributed by atoms with van der Waals surface area (Å²) in [7, 11) is 0. The Balaban J connectivity index is 1.49. The molecule has 2 N–H and O–H groups in total. The second-order valence-corrected chi connectivity index (χ2v) is 7.90. The molecule has 4 atom stereocenters. The minimum atomic E-state index is -0.150. The molecule has 1 saturated heterocycles. The van der Waals surface area contributed by atoms with E-state index in [1.54, 1.807) is 0 Å². The van der Waals surface area contributed by atoms with E-state index in [0.29, 0.717) is 17.9 Å². The molecule has 2 bridgehead atoms. The van der Waals surface area contributed by atoms with Crippen molar-refractivity contribution >= 4 is 5.91 Å². The zero-order valence-electron chi connectivity index (χ0n) is 13.9. The first-order valence-corrected chi connectivity index (χ1v) is 9.32. The average molecular weight is 312 g/mol. The number of carbonyl (C=O) groups excluding carboxylic acids is 1. The van der Waals surface area contributed by atoms with Gasteiger partial charge in [0.15, 0.2) is 0 Å². The smallest absolute Gasteiger partial charge is 0.226 e. The Bertz CT molecular complexity index is 552.